The standard InChI is InChI=1S/C32H31ClF2N4O3/c1-6-19(2)10-15-24(20(3)22-11-13-23(33)14-12-22)30-21(4)38(18-25-26(34)8-7-9-27(25)35)32(41)39(31(30)40)28-16-17-29(42-5)37-36-28/h7-14,16-17H,6,15,18H2,1-5H3/b19-10+,24-20+. The van der Waals surface area contributed by atoms with Crippen LogP contribution in [0.25, 0.3) is 17.0 Å². The molecule has 0 saturated carbocycles. The van der Waals surface area contributed by atoms with Crippen LogP contribution >= 0.6 is 11.6 Å². The Kier molecular flexibility index (Phi) is 9.52. The van der Waals surface area contributed by atoms with Crippen molar-refractivity contribution < 1.29 is 13.5 Å². The highest BCUT2D eigenvalue weighted by molar-refractivity contribution is 6.30. The molecule has 4 rings (SSSR count). The zero-order valence-electron chi connectivity index (χ0n) is 24.0. The van der Waals surface area contributed by atoms with Crippen LogP contribution in [-0.2, 0) is 6.54 Å². The summed E-state index contributed by atoms with van der Waals surface area (Å²) in [5, 5.41) is 8.52. The van der Waals surface area contributed by atoms with Crippen LogP contribution < -0.4 is 16.0 Å². The number of nitrogens with zero attached hydrogens (tertiary/aromatic N) is 4. The average Bonchev–Trinajstić information content (AvgIpc) is 2.98. The number of rotatable bonds is 9. The fourth-order valence-electron chi connectivity index (χ4n) is 4.61. The van der Waals surface area contributed by atoms with E-state index >= 15 is 0 Å². The van der Waals surface area contributed by atoms with E-state index in [0.29, 0.717) is 17.0 Å². The minimum atomic E-state index is -0.813. The fraction of sp³-hybridized carbons (Fsp3) is 0.250. The fourth-order valence-corrected chi connectivity index (χ4v) is 4.73. The molecule has 4 aromatic rings. The highest BCUT2D eigenvalue weighted by Crippen LogP contribution is 2.31. The van der Waals surface area contributed by atoms with Crippen molar-refractivity contribution in [3.05, 3.63) is 126 Å². The van der Waals surface area contributed by atoms with Gasteiger partial charge in [0.25, 0.3) is 5.56 Å². The van der Waals surface area contributed by atoms with Crippen molar-refractivity contribution in [2.45, 2.75) is 47.1 Å². The number of aromatic nitrogens is 4. The van der Waals surface area contributed by atoms with E-state index in [4.69, 9.17) is 16.3 Å². The van der Waals surface area contributed by atoms with Crippen LogP contribution in [0, 0.1) is 18.6 Å². The molecule has 0 fully saturated rings. The Hall–Kier alpha value is -4.37. The summed E-state index contributed by atoms with van der Waals surface area (Å²) in [6, 6.07) is 13.6. The van der Waals surface area contributed by atoms with Gasteiger partial charge in [0.15, 0.2) is 5.82 Å². The summed E-state index contributed by atoms with van der Waals surface area (Å²) < 4.78 is 36.7. The Morgan fingerprint density at radius 2 is 1.67 bits per heavy atom. The molecule has 0 aliphatic heterocycles. The predicted molar refractivity (Wildman–Crippen MR) is 161 cm³/mol. The molecule has 42 heavy (non-hydrogen) atoms. The molecule has 0 aliphatic carbocycles. The van der Waals surface area contributed by atoms with Gasteiger partial charge < -0.3 is 4.74 Å². The molecule has 0 unspecified atom stereocenters. The maximum Gasteiger partial charge on any atom is 0.337 e. The first-order chi connectivity index (χ1) is 20.1. The summed E-state index contributed by atoms with van der Waals surface area (Å²) in [4.78, 5) is 28.2. The molecule has 0 amide bonds. The third kappa shape index (κ3) is 6.26. The number of allylic oxidation sites excluding steroid dienone is 4. The van der Waals surface area contributed by atoms with Crippen LogP contribution in [0.4, 0.5) is 8.78 Å². The summed E-state index contributed by atoms with van der Waals surface area (Å²) in [5.74, 6) is -1.48. The maximum absolute atomic E-state index is 14.8. The Bertz CT molecular complexity index is 1770. The van der Waals surface area contributed by atoms with Crippen LogP contribution in [0.2, 0.25) is 5.02 Å². The summed E-state index contributed by atoms with van der Waals surface area (Å²) in [6.45, 7) is 7.07. The second-order valence-electron chi connectivity index (χ2n) is 9.82. The summed E-state index contributed by atoms with van der Waals surface area (Å²) in [6.07, 6.45) is 3.20. The lowest BCUT2D eigenvalue weighted by atomic mass is 9.92. The lowest BCUT2D eigenvalue weighted by Crippen LogP contribution is -2.43. The van der Waals surface area contributed by atoms with Gasteiger partial charge in [0, 0.05) is 22.3 Å². The van der Waals surface area contributed by atoms with Gasteiger partial charge in [-0.25, -0.2) is 18.1 Å². The van der Waals surface area contributed by atoms with Gasteiger partial charge in [0.1, 0.15) is 11.6 Å². The van der Waals surface area contributed by atoms with Crippen LogP contribution in [0.3, 0.4) is 0 Å². The van der Waals surface area contributed by atoms with Crippen molar-refractivity contribution in [1.29, 1.82) is 0 Å². The Morgan fingerprint density at radius 1 is 1.00 bits per heavy atom. The third-order valence-electron chi connectivity index (χ3n) is 7.29. The zero-order chi connectivity index (χ0) is 30.6. The second kappa shape index (κ2) is 13.1. The zero-order valence-corrected chi connectivity index (χ0v) is 24.8. The van der Waals surface area contributed by atoms with Gasteiger partial charge in [-0.05, 0) is 80.7 Å². The highest BCUT2D eigenvalue weighted by Gasteiger charge is 2.24. The molecule has 218 valence electrons. The first-order valence-corrected chi connectivity index (χ1v) is 13.7. The molecule has 0 N–H and O–H groups in total. The van der Waals surface area contributed by atoms with E-state index in [-0.39, 0.29) is 28.5 Å². The Labute approximate surface area is 247 Å². The minimum absolute atomic E-state index is 0.0569. The Morgan fingerprint density at radius 3 is 2.24 bits per heavy atom. The second-order valence-corrected chi connectivity index (χ2v) is 10.3. The largest absolute Gasteiger partial charge is 0.480 e. The van der Waals surface area contributed by atoms with E-state index in [9.17, 15) is 18.4 Å². The molecule has 2 aromatic heterocycles. The predicted octanol–water partition coefficient (Wildman–Crippen LogP) is 6.76. The van der Waals surface area contributed by atoms with Crippen LogP contribution in [0.15, 0.2) is 75.8 Å². The summed E-state index contributed by atoms with van der Waals surface area (Å²) in [7, 11) is 1.41. The summed E-state index contributed by atoms with van der Waals surface area (Å²) >= 11 is 6.14. The van der Waals surface area contributed by atoms with E-state index in [2.05, 4.69) is 10.2 Å². The molecule has 0 atom stereocenters. The van der Waals surface area contributed by atoms with Crippen molar-refractivity contribution in [1.82, 2.24) is 19.3 Å². The quantitative estimate of drug-likeness (QED) is 0.201. The van der Waals surface area contributed by atoms with Gasteiger partial charge in [-0.15, -0.1) is 10.2 Å². The van der Waals surface area contributed by atoms with E-state index < -0.39 is 29.4 Å². The third-order valence-corrected chi connectivity index (χ3v) is 7.54. The first kappa shape index (κ1) is 30.6. The number of halogens is 3. The number of hydrogen-bond acceptors (Lipinski definition) is 5. The molecule has 0 radical (unpaired) electrons. The molecular weight excluding hydrogens is 562 g/mol. The first-order valence-electron chi connectivity index (χ1n) is 13.4. The molecule has 0 saturated heterocycles. The lowest BCUT2D eigenvalue weighted by molar-refractivity contribution is 0.391. The highest BCUT2D eigenvalue weighted by atomic mass is 35.5. The number of benzene rings is 2. The van der Waals surface area contributed by atoms with Crippen molar-refractivity contribution in [2.75, 3.05) is 7.11 Å². The number of ether oxygens (including phenoxy) is 1. The van der Waals surface area contributed by atoms with E-state index in [1.165, 1.54) is 29.9 Å². The SMILES string of the molecule is CC/C(C)=C/C/C(=C(/C)c1ccc(Cl)cc1)c1c(C)n(Cc2c(F)cccc2F)c(=O)n(-c2ccc(OC)nn2)c1=O. The molecule has 0 bridgehead atoms. The van der Waals surface area contributed by atoms with Crippen LogP contribution in [0.1, 0.15) is 56.0 Å². The van der Waals surface area contributed by atoms with Gasteiger partial charge in [0.05, 0.1) is 19.2 Å². The number of hydrogen-bond donors (Lipinski definition) is 0. The monoisotopic (exact) mass is 592 g/mol. The molecule has 2 heterocycles. The normalized spacial score (nSPS) is 12.3. The van der Waals surface area contributed by atoms with Gasteiger partial charge in [-0.3, -0.25) is 9.36 Å². The lowest BCUT2D eigenvalue weighted by Gasteiger charge is -2.20. The Balaban J connectivity index is 2.10. The summed E-state index contributed by atoms with van der Waals surface area (Å²) in [5.41, 5.74) is 2.09. The molecule has 10 heteroatoms. The van der Waals surface area contributed by atoms with Gasteiger partial charge in [-0.2, -0.15) is 0 Å². The van der Waals surface area contributed by atoms with E-state index in [1.807, 2.05) is 39.0 Å². The van der Waals surface area contributed by atoms with Crippen molar-refractivity contribution >= 4 is 22.7 Å². The molecular formula is C32H31ClF2N4O3. The van der Waals surface area contributed by atoms with E-state index in [0.717, 1.165) is 39.8 Å². The average molecular weight is 593 g/mol. The van der Waals surface area contributed by atoms with E-state index in [1.54, 1.807) is 19.1 Å². The minimum Gasteiger partial charge on any atom is -0.480 e. The van der Waals surface area contributed by atoms with Crippen LogP contribution in [-0.4, -0.2) is 26.4 Å². The van der Waals surface area contributed by atoms with Crippen molar-refractivity contribution in [3.8, 4) is 11.7 Å². The van der Waals surface area contributed by atoms with Crippen molar-refractivity contribution in [3.63, 3.8) is 0 Å². The van der Waals surface area contributed by atoms with Gasteiger partial charge in [-0.1, -0.05) is 48.4 Å². The van der Waals surface area contributed by atoms with Crippen molar-refractivity contribution in [2.24, 2.45) is 0 Å². The van der Waals surface area contributed by atoms with Crippen LogP contribution in [0.5, 0.6) is 5.88 Å². The topological polar surface area (TPSA) is 79.0 Å². The smallest absolute Gasteiger partial charge is 0.337 e. The molecule has 0 aliphatic rings. The molecule has 7 nitrogen and oxygen atoms in total. The van der Waals surface area contributed by atoms with Gasteiger partial charge >= 0.3 is 5.69 Å². The maximum atomic E-state index is 14.8. The van der Waals surface area contributed by atoms with Gasteiger partial charge in [0.2, 0.25) is 5.88 Å². The molecule has 0 spiro atoms. The number of methoxy groups -OCH3 is 1. The molecule has 2 aromatic carbocycles.